The molecule has 0 aromatic rings. The van der Waals surface area contributed by atoms with Crippen molar-refractivity contribution in [3.63, 3.8) is 0 Å². The van der Waals surface area contributed by atoms with Gasteiger partial charge in [0.15, 0.2) is 6.29 Å². The van der Waals surface area contributed by atoms with Gasteiger partial charge in [-0.05, 0) is 5.41 Å². The van der Waals surface area contributed by atoms with Gasteiger partial charge in [0.2, 0.25) is 0 Å². The first-order valence-electron chi connectivity index (χ1n) is 6.11. The lowest BCUT2D eigenvalue weighted by atomic mass is 9.68. The fourth-order valence-corrected chi connectivity index (χ4v) is 2.54. The van der Waals surface area contributed by atoms with Crippen molar-refractivity contribution in [1.82, 2.24) is 0 Å². The summed E-state index contributed by atoms with van der Waals surface area (Å²) in [5.41, 5.74) is 5.76. The monoisotopic (exact) mass is 247 g/mol. The van der Waals surface area contributed by atoms with Crippen LogP contribution in [0.1, 0.15) is 27.2 Å². The Bertz CT molecular complexity index is 245. The highest BCUT2D eigenvalue weighted by Crippen LogP contribution is 2.40. The van der Waals surface area contributed by atoms with Gasteiger partial charge >= 0.3 is 0 Å². The maximum absolute atomic E-state index is 10.3. The average Bonchev–Trinajstić information content (AvgIpc) is 2.31. The number of nitrogens with two attached hydrogens (primary N) is 1. The minimum atomic E-state index is -0.735. The molecule has 1 aliphatic rings. The number of hydrogen-bond acceptors (Lipinski definition) is 5. The molecule has 0 aromatic carbocycles. The molecule has 0 saturated carbocycles. The largest absolute Gasteiger partial charge is 0.394 e. The van der Waals surface area contributed by atoms with E-state index in [1.165, 1.54) is 7.11 Å². The molecular weight excluding hydrogens is 222 g/mol. The molecule has 1 heterocycles. The lowest BCUT2D eigenvalue weighted by Gasteiger charge is -2.48. The maximum atomic E-state index is 10.3. The topological polar surface area (TPSA) is 84.9 Å². The molecule has 1 saturated heterocycles. The van der Waals surface area contributed by atoms with Crippen LogP contribution in [0.5, 0.6) is 0 Å². The van der Waals surface area contributed by atoms with Gasteiger partial charge in [0.1, 0.15) is 0 Å². The summed E-state index contributed by atoms with van der Waals surface area (Å²) in [6.07, 6.45) is -0.963. The first-order chi connectivity index (χ1) is 7.88. The van der Waals surface area contributed by atoms with Gasteiger partial charge in [0.25, 0.3) is 0 Å². The zero-order chi connectivity index (χ0) is 13.2. The van der Waals surface area contributed by atoms with E-state index in [0.717, 1.165) is 6.42 Å². The number of ether oxygens (including phenoxy) is 2. The summed E-state index contributed by atoms with van der Waals surface area (Å²) in [6, 6.07) is -0.585. The van der Waals surface area contributed by atoms with E-state index in [0.29, 0.717) is 0 Å². The molecular formula is C12H25NO4. The van der Waals surface area contributed by atoms with Crippen molar-refractivity contribution in [2.75, 3.05) is 13.7 Å². The fraction of sp³-hybridized carbons (Fsp3) is 1.00. The summed E-state index contributed by atoms with van der Waals surface area (Å²) >= 11 is 0. The van der Waals surface area contributed by atoms with Crippen molar-refractivity contribution in [1.29, 1.82) is 0 Å². The van der Waals surface area contributed by atoms with Crippen LogP contribution in [0.4, 0.5) is 0 Å². The van der Waals surface area contributed by atoms with Gasteiger partial charge in [-0.2, -0.15) is 0 Å². The molecule has 0 aromatic heterocycles. The second-order valence-electron chi connectivity index (χ2n) is 5.40. The summed E-state index contributed by atoms with van der Waals surface area (Å²) < 4.78 is 10.7. The predicted octanol–water partition coefficient (Wildman–Crippen LogP) is 0.0906. The predicted molar refractivity (Wildman–Crippen MR) is 64.3 cm³/mol. The standard InChI is InChI=1S/C12H25NO4/c1-5-12(2,3)8-7(6-14)17-11(16-4)9(13)10(8)15/h7-11,14-15H,5-6,13H2,1-4H3. The van der Waals surface area contributed by atoms with E-state index in [1.54, 1.807) is 0 Å². The molecule has 5 nitrogen and oxygen atoms in total. The van der Waals surface area contributed by atoms with Crippen LogP contribution < -0.4 is 5.73 Å². The van der Waals surface area contributed by atoms with E-state index in [4.69, 9.17) is 15.2 Å². The van der Waals surface area contributed by atoms with Crippen molar-refractivity contribution >= 4 is 0 Å². The molecule has 1 rings (SSSR count). The Hall–Kier alpha value is -0.200. The van der Waals surface area contributed by atoms with Crippen LogP contribution in [0.15, 0.2) is 0 Å². The molecule has 0 radical (unpaired) electrons. The third kappa shape index (κ3) is 2.80. The second kappa shape index (κ2) is 5.63. The number of methoxy groups -OCH3 is 1. The van der Waals surface area contributed by atoms with Crippen LogP contribution in [0.2, 0.25) is 0 Å². The SMILES string of the molecule is CCC(C)(C)C1C(CO)OC(OC)C(N)C1O. The number of hydrogen-bond donors (Lipinski definition) is 3. The van der Waals surface area contributed by atoms with Crippen LogP contribution >= 0.6 is 0 Å². The zero-order valence-corrected chi connectivity index (χ0v) is 11.1. The summed E-state index contributed by atoms with van der Waals surface area (Å²) in [6.45, 7) is 6.01. The minimum absolute atomic E-state index is 0.141. The van der Waals surface area contributed by atoms with Crippen LogP contribution in [0, 0.1) is 11.3 Å². The van der Waals surface area contributed by atoms with Crippen molar-refractivity contribution < 1.29 is 19.7 Å². The quantitative estimate of drug-likeness (QED) is 0.655. The van der Waals surface area contributed by atoms with Gasteiger partial charge < -0.3 is 25.4 Å². The first-order valence-corrected chi connectivity index (χ1v) is 6.11. The van der Waals surface area contributed by atoms with E-state index in [2.05, 4.69) is 6.92 Å². The Morgan fingerprint density at radius 2 is 2.00 bits per heavy atom. The van der Waals surface area contributed by atoms with Crippen molar-refractivity contribution in [3.05, 3.63) is 0 Å². The smallest absolute Gasteiger partial charge is 0.175 e. The first kappa shape index (κ1) is 14.9. The van der Waals surface area contributed by atoms with Gasteiger partial charge in [-0.15, -0.1) is 0 Å². The summed E-state index contributed by atoms with van der Waals surface area (Å²) in [7, 11) is 1.48. The van der Waals surface area contributed by atoms with E-state index in [9.17, 15) is 10.2 Å². The lowest BCUT2D eigenvalue weighted by molar-refractivity contribution is -0.259. The molecule has 5 unspecified atom stereocenters. The molecule has 17 heavy (non-hydrogen) atoms. The fourth-order valence-electron chi connectivity index (χ4n) is 2.54. The highest BCUT2D eigenvalue weighted by molar-refractivity contribution is 4.97. The minimum Gasteiger partial charge on any atom is -0.394 e. The average molecular weight is 247 g/mol. The Labute approximate surface area is 103 Å². The normalized spacial score (nSPS) is 39.4. The van der Waals surface area contributed by atoms with E-state index >= 15 is 0 Å². The maximum Gasteiger partial charge on any atom is 0.175 e. The van der Waals surface area contributed by atoms with Gasteiger partial charge in [-0.1, -0.05) is 27.2 Å². The van der Waals surface area contributed by atoms with Crippen molar-refractivity contribution in [3.8, 4) is 0 Å². The third-order valence-corrected chi connectivity index (χ3v) is 4.01. The third-order valence-electron chi connectivity index (χ3n) is 4.01. The summed E-state index contributed by atoms with van der Waals surface area (Å²) in [4.78, 5) is 0. The van der Waals surface area contributed by atoms with Crippen LogP contribution in [0.25, 0.3) is 0 Å². The molecule has 0 amide bonds. The van der Waals surface area contributed by atoms with E-state index < -0.39 is 24.5 Å². The van der Waals surface area contributed by atoms with Crippen LogP contribution in [-0.2, 0) is 9.47 Å². The lowest BCUT2D eigenvalue weighted by Crippen LogP contribution is -2.62. The Morgan fingerprint density at radius 1 is 1.41 bits per heavy atom. The Morgan fingerprint density at radius 3 is 2.41 bits per heavy atom. The second-order valence-corrected chi connectivity index (χ2v) is 5.40. The van der Waals surface area contributed by atoms with Gasteiger partial charge in [-0.25, -0.2) is 0 Å². The number of aliphatic hydroxyl groups excluding tert-OH is 2. The molecule has 5 atom stereocenters. The molecule has 0 aliphatic carbocycles. The molecule has 1 aliphatic heterocycles. The van der Waals surface area contributed by atoms with E-state index in [-0.39, 0.29) is 17.9 Å². The molecule has 0 spiro atoms. The van der Waals surface area contributed by atoms with Crippen LogP contribution in [-0.4, -0.2) is 48.5 Å². The molecule has 4 N–H and O–H groups in total. The highest BCUT2D eigenvalue weighted by Gasteiger charge is 2.49. The highest BCUT2D eigenvalue weighted by atomic mass is 16.7. The number of rotatable bonds is 4. The zero-order valence-electron chi connectivity index (χ0n) is 11.1. The van der Waals surface area contributed by atoms with Gasteiger partial charge in [0.05, 0.1) is 24.9 Å². The Kier molecular flexibility index (Phi) is 4.92. The Balaban J connectivity index is 2.94. The summed E-state index contributed by atoms with van der Waals surface area (Å²) in [5.74, 6) is -0.195. The molecule has 1 fully saturated rings. The van der Waals surface area contributed by atoms with Crippen molar-refractivity contribution in [2.45, 2.75) is 51.7 Å². The van der Waals surface area contributed by atoms with Crippen LogP contribution in [0.3, 0.4) is 0 Å². The van der Waals surface area contributed by atoms with E-state index in [1.807, 2.05) is 13.8 Å². The molecule has 5 heteroatoms. The molecule has 0 bridgehead atoms. The van der Waals surface area contributed by atoms with Gasteiger partial charge in [-0.3, -0.25) is 0 Å². The van der Waals surface area contributed by atoms with Crippen molar-refractivity contribution in [2.24, 2.45) is 17.1 Å². The van der Waals surface area contributed by atoms with Gasteiger partial charge in [0, 0.05) is 13.0 Å². The summed E-state index contributed by atoms with van der Waals surface area (Å²) in [5, 5.41) is 19.7. The number of aliphatic hydroxyl groups is 2. The molecule has 102 valence electrons.